The molecule has 13 rings (SSSR count). The number of amides is 2. The number of fused-ring (bicyclic) bond motifs is 2. The summed E-state index contributed by atoms with van der Waals surface area (Å²) in [5.41, 5.74) is 9.06. The quantitative estimate of drug-likeness (QED) is 0.00432. The molecule has 7 aromatic heterocycles. The third-order valence-electron chi connectivity index (χ3n) is 18.2. The molecule has 0 bridgehead atoms. The number of esters is 3. The van der Waals surface area contributed by atoms with E-state index < -0.39 is 93.2 Å². The molecule has 11 aromatic rings. The van der Waals surface area contributed by atoms with E-state index in [-0.39, 0.29) is 125 Å². The summed E-state index contributed by atoms with van der Waals surface area (Å²) in [4.78, 5) is 124. The number of nitrogens with two attached hydrogens (primary N) is 1. The number of methoxy groups -OCH3 is 1. The Morgan fingerprint density at radius 1 is 0.567 bits per heavy atom. The maximum Gasteiger partial charge on any atom is 0.419 e. The number of rotatable bonds is 24. The summed E-state index contributed by atoms with van der Waals surface area (Å²) < 4.78 is 154. The van der Waals surface area contributed by atoms with E-state index in [1.165, 1.54) is 89.5 Å². The zero-order valence-electron chi connectivity index (χ0n) is 73.4. The number of carbonyl (C=O) groups excluding carboxylic acids is 5. The van der Waals surface area contributed by atoms with Crippen LogP contribution in [-0.4, -0.2) is 129 Å². The van der Waals surface area contributed by atoms with Crippen LogP contribution in [0.15, 0.2) is 218 Å². The zero-order valence-corrected chi connectivity index (χ0v) is 73.4. The van der Waals surface area contributed by atoms with Crippen LogP contribution in [-0.2, 0) is 91.6 Å². The molecule has 714 valence electrons. The predicted octanol–water partition coefficient (Wildman–Crippen LogP) is 15.6. The molecular formula is C95H103F9N12O18. The first kappa shape index (κ1) is 110. The first-order valence-electron chi connectivity index (χ1n) is 40.5. The third-order valence-corrected chi connectivity index (χ3v) is 18.2. The topological polar surface area (TPSA) is 409 Å². The number of carbonyl (C=O) groups is 6. The van der Waals surface area contributed by atoms with Gasteiger partial charge in [0.15, 0.2) is 29.1 Å². The van der Waals surface area contributed by atoms with Crippen LogP contribution in [0.25, 0.3) is 11.1 Å². The van der Waals surface area contributed by atoms with Crippen LogP contribution >= 0.6 is 0 Å². The number of aryl methyl sites for hydroxylation is 2. The molecule has 30 nitrogen and oxygen atoms in total. The molecule has 0 spiro atoms. The Morgan fingerprint density at radius 3 is 1.42 bits per heavy atom. The third kappa shape index (κ3) is 32.8. The van der Waals surface area contributed by atoms with Gasteiger partial charge in [-0.25, -0.2) is 50.3 Å². The summed E-state index contributed by atoms with van der Waals surface area (Å²) in [5, 5.41) is 30.1. The first-order valence-corrected chi connectivity index (χ1v) is 40.5. The summed E-state index contributed by atoms with van der Waals surface area (Å²) in [6, 6.07) is 29.8. The average Bonchev–Trinajstić information content (AvgIpc) is 1.70. The summed E-state index contributed by atoms with van der Waals surface area (Å²) >= 11 is 0. The SMILES string of the molecule is C.C.CC(C)(C)OC(=O)NCc1noc(C2=CCc3ncccc32)n1.CCC(C)O.CCOC(=O)C(=C/C=C/OC)C(=O)OCC.CCOC(=O)c1cccn(Cc2ccc(C)c(F)c2)c1=O.Cc1ccc(Cn2cccc(C(=O)O)c2=O)cc1F.NCc1ccc(C(F)(F)F)c(F)c1.O=C(NCc1noc(C2=CCc3ncccc32)n1)c1cccn(Cc2cc(F)c(F)c(F)c2)c1=O. The standard InChI is InChI=1S/C24H16F3N5O3.C16H16FNO3.C16H18N4O3.C14H12FNO3.C11H16O5.C8H7F4N.C4H10O.2CH4/c25-17-9-13(10-18(26)21(17)27)12-32-8-2-4-16(24(32)34)22(33)29-11-20-30-23(35-31-20)15-5-6-19-14(15)3-1-7-28-19;1-3-21-16(20)13-5-4-8-18(15(13)19)10-12-7-6-11(2)14(17)9-12;1-16(2,3)22-15(21)18-9-13-19-14(23-20-13)11-6-7-12-10(11)5-4-8-17-12;1-9-4-5-10(7-12(9)15)8-16-6-2-3-11(13(16)17)14(18)19;1-4-15-10(12)9(7-6-8-14-3)11(13)16-5-2;9-7-3-5(4-13)1-2-6(7)8(10,11)12;1-3-4(2)5;;/h1-5,7-10H,6,11-12H2,(H,29,33);4-9H,3,10H2,1-2H3;4-6,8H,7,9H2,1-3H3,(H,18,21);2-7H,8H2,1H3,(H,18,19);6-8H,4-5H2,1-3H3;1-3H,4,13H2;4-5H,3H2,1-2H3;2*1H4/b;;;;8-6+;;;;. The summed E-state index contributed by atoms with van der Waals surface area (Å²) in [6.07, 6.45) is 12.8. The number of ether oxygens (including phenoxy) is 5. The maximum absolute atomic E-state index is 13.5. The molecular weight excluding hydrogens is 1770 g/mol. The lowest BCUT2D eigenvalue weighted by Crippen LogP contribution is -2.33. The Hall–Kier alpha value is -15.0. The molecule has 134 heavy (non-hydrogen) atoms. The molecule has 6 N–H and O–H groups in total. The van der Waals surface area contributed by atoms with E-state index in [1.54, 1.807) is 111 Å². The number of alkyl halides is 3. The molecule has 0 saturated carbocycles. The van der Waals surface area contributed by atoms with Crippen molar-refractivity contribution < 1.29 is 111 Å². The fourth-order valence-electron chi connectivity index (χ4n) is 11.5. The van der Waals surface area contributed by atoms with Crippen LogP contribution in [0.4, 0.5) is 44.3 Å². The minimum absolute atomic E-state index is 0. The van der Waals surface area contributed by atoms with Crippen molar-refractivity contribution in [1.82, 2.24) is 54.6 Å². The number of carboxylic acid groups (broad SMARTS) is 1. The number of alkyl carbamates (subject to hydrolysis) is 1. The van der Waals surface area contributed by atoms with Crippen molar-refractivity contribution in [3.05, 3.63) is 362 Å². The molecule has 0 radical (unpaired) electrons. The number of nitrogens with zero attached hydrogens (tertiary/aromatic N) is 9. The second kappa shape index (κ2) is 52.7. The van der Waals surface area contributed by atoms with Gasteiger partial charge < -0.3 is 73.0 Å². The first-order chi connectivity index (χ1) is 62.7. The van der Waals surface area contributed by atoms with Gasteiger partial charge in [0.25, 0.3) is 34.4 Å². The predicted molar refractivity (Wildman–Crippen MR) is 476 cm³/mol. The van der Waals surface area contributed by atoms with E-state index >= 15 is 0 Å². The average molecular weight is 1870 g/mol. The molecule has 2 amide bonds. The Kier molecular flexibility index (Phi) is 43.1. The number of hydrogen-bond acceptors (Lipinski definition) is 24. The lowest BCUT2D eigenvalue weighted by molar-refractivity contribution is -0.146. The van der Waals surface area contributed by atoms with Crippen molar-refractivity contribution in [3.8, 4) is 0 Å². The Balaban J connectivity index is 0.000000288. The van der Waals surface area contributed by atoms with Gasteiger partial charge in [-0.3, -0.25) is 29.1 Å². The number of allylic oxidation sites excluding steroid dienone is 4. The van der Waals surface area contributed by atoms with Gasteiger partial charge in [-0.05, 0) is 199 Å². The Bertz CT molecular complexity index is 6150. The van der Waals surface area contributed by atoms with Gasteiger partial charge >= 0.3 is 36.1 Å². The Labute approximate surface area is 764 Å². The highest BCUT2D eigenvalue weighted by atomic mass is 19.4. The number of pyridine rings is 5. The van der Waals surface area contributed by atoms with Gasteiger partial charge in [0.05, 0.1) is 89.0 Å². The molecule has 1 unspecified atom stereocenters. The lowest BCUT2D eigenvalue weighted by atomic mass is 10.1. The number of benzene rings is 4. The van der Waals surface area contributed by atoms with Crippen molar-refractivity contribution >= 4 is 47.0 Å². The number of nitrogens with one attached hydrogen (secondary N) is 2. The van der Waals surface area contributed by atoms with Crippen LogP contribution in [0.2, 0.25) is 0 Å². The van der Waals surface area contributed by atoms with Crippen molar-refractivity contribution in [1.29, 1.82) is 0 Å². The second-order valence-corrected chi connectivity index (χ2v) is 29.2. The van der Waals surface area contributed by atoms with Crippen LogP contribution < -0.4 is 33.0 Å². The normalized spacial score (nSPS) is 11.5. The smallest absolute Gasteiger partial charge is 0.419 e. The van der Waals surface area contributed by atoms with E-state index in [4.69, 9.17) is 43.9 Å². The number of aromatic nitrogens is 9. The summed E-state index contributed by atoms with van der Waals surface area (Å²) in [6.45, 7) is 18.2. The highest BCUT2D eigenvalue weighted by Gasteiger charge is 2.34. The minimum atomic E-state index is -4.64. The van der Waals surface area contributed by atoms with Crippen LogP contribution in [0.5, 0.6) is 0 Å². The number of aromatic carboxylic acids is 1. The van der Waals surface area contributed by atoms with Gasteiger partial charge in [-0.2, -0.15) is 23.1 Å². The van der Waals surface area contributed by atoms with Crippen LogP contribution in [0, 0.1) is 48.8 Å². The highest BCUT2D eigenvalue weighted by Crippen LogP contribution is 2.34. The number of aliphatic hydroxyl groups is 1. The van der Waals surface area contributed by atoms with E-state index in [1.807, 2.05) is 43.3 Å². The molecule has 0 fully saturated rings. The summed E-state index contributed by atoms with van der Waals surface area (Å²) in [7, 11) is 1.46. The van der Waals surface area contributed by atoms with Crippen molar-refractivity contribution in [3.63, 3.8) is 0 Å². The molecule has 2 aliphatic carbocycles. The van der Waals surface area contributed by atoms with Crippen molar-refractivity contribution in [2.24, 2.45) is 5.73 Å². The number of aliphatic hydroxyl groups excluding tert-OH is 1. The van der Waals surface area contributed by atoms with Gasteiger partial charge in [0.1, 0.15) is 45.3 Å². The van der Waals surface area contributed by atoms with Gasteiger partial charge in [0.2, 0.25) is 0 Å². The fraction of sp³-hybridized carbons (Fsp3) is 0.295. The molecule has 2 aliphatic rings. The molecule has 0 saturated heterocycles. The van der Waals surface area contributed by atoms with Crippen LogP contribution in [0.1, 0.15) is 193 Å². The van der Waals surface area contributed by atoms with Crippen molar-refractivity contribution in [2.75, 3.05) is 26.9 Å². The van der Waals surface area contributed by atoms with E-state index in [0.717, 1.165) is 75.3 Å². The van der Waals surface area contributed by atoms with E-state index in [9.17, 15) is 82.7 Å². The monoisotopic (exact) mass is 1870 g/mol. The van der Waals surface area contributed by atoms with Crippen molar-refractivity contribution in [2.45, 2.75) is 161 Å². The fourth-order valence-corrected chi connectivity index (χ4v) is 11.5. The molecule has 7 heterocycles. The molecule has 0 aliphatic heterocycles. The maximum atomic E-state index is 13.5. The van der Waals surface area contributed by atoms with E-state index in [2.05, 4.69) is 45.6 Å². The Morgan fingerprint density at radius 2 is 0.993 bits per heavy atom. The minimum Gasteiger partial charge on any atom is -0.504 e. The summed E-state index contributed by atoms with van der Waals surface area (Å²) in [5.74, 6) is -8.97. The largest absolute Gasteiger partial charge is 0.504 e. The van der Waals surface area contributed by atoms with Gasteiger partial charge in [-0.1, -0.05) is 86.7 Å². The van der Waals surface area contributed by atoms with Crippen LogP contribution in [0.3, 0.4) is 0 Å². The number of hydrogen-bond donors (Lipinski definition) is 5. The second-order valence-electron chi connectivity index (χ2n) is 29.2. The number of halogens is 9. The van der Waals surface area contributed by atoms with Gasteiger partial charge in [0, 0.05) is 72.6 Å². The molecule has 39 heteroatoms. The lowest BCUT2D eigenvalue weighted by Gasteiger charge is -2.19. The number of carboxylic acids is 1. The highest BCUT2D eigenvalue weighted by molar-refractivity contribution is 6.14. The zero-order chi connectivity index (χ0) is 97.1. The van der Waals surface area contributed by atoms with E-state index in [0.29, 0.717) is 57.9 Å². The molecule has 1 atom stereocenters. The molecule has 4 aromatic carbocycles. The van der Waals surface area contributed by atoms with Gasteiger partial charge in [-0.15, -0.1) is 0 Å².